The fourth-order valence-electron chi connectivity index (χ4n) is 3.60. The Morgan fingerprint density at radius 3 is 2.64 bits per heavy atom. The van der Waals surface area contributed by atoms with E-state index >= 15 is 0 Å². The van der Waals surface area contributed by atoms with E-state index in [1.54, 1.807) is 6.08 Å². The molecule has 0 radical (unpaired) electrons. The maximum absolute atomic E-state index is 11.9. The molecule has 4 heteroatoms. The summed E-state index contributed by atoms with van der Waals surface area (Å²) < 4.78 is 11.1. The van der Waals surface area contributed by atoms with Gasteiger partial charge >= 0.3 is 5.97 Å². The standard InChI is InChI=1S/C18H24O4/c1-5-13-21-15(20)14(8-12-19)7-11-18-16(2,3)9-6-10-17(18,4)22-18/h5,7-8,11-12H,1,6,9-10,13H2,2-4H3/b11-7+,14-8-/t17-,18+/m1/s1. The predicted octanol–water partition coefficient (Wildman–Crippen LogP) is 3.13. The molecule has 0 bridgehead atoms. The number of carbonyl (C=O) groups excluding carboxylic acids is 2. The molecule has 1 saturated carbocycles. The van der Waals surface area contributed by atoms with Crippen molar-refractivity contribution in [2.24, 2.45) is 5.41 Å². The molecule has 0 aromatic heterocycles. The summed E-state index contributed by atoms with van der Waals surface area (Å²) in [6.07, 6.45) is 10.1. The molecule has 0 aromatic rings. The molecule has 0 aromatic carbocycles. The number of ether oxygens (including phenoxy) is 2. The van der Waals surface area contributed by atoms with Gasteiger partial charge in [-0.05, 0) is 44.4 Å². The van der Waals surface area contributed by atoms with Crippen LogP contribution in [0.5, 0.6) is 0 Å². The van der Waals surface area contributed by atoms with Gasteiger partial charge in [0.1, 0.15) is 18.5 Å². The number of rotatable bonds is 6. The van der Waals surface area contributed by atoms with Crippen molar-refractivity contribution in [3.63, 3.8) is 0 Å². The van der Waals surface area contributed by atoms with Gasteiger partial charge in [0.05, 0.1) is 11.2 Å². The number of hydrogen-bond acceptors (Lipinski definition) is 4. The average molecular weight is 304 g/mol. The molecule has 1 aliphatic heterocycles. The molecular weight excluding hydrogens is 280 g/mol. The molecule has 0 amide bonds. The van der Waals surface area contributed by atoms with Gasteiger partial charge in [-0.25, -0.2) is 4.79 Å². The second-order valence-corrected chi connectivity index (χ2v) is 6.78. The molecule has 0 spiro atoms. The molecule has 120 valence electrons. The first kappa shape index (κ1) is 16.7. The van der Waals surface area contributed by atoms with Crippen molar-refractivity contribution in [3.8, 4) is 0 Å². The summed E-state index contributed by atoms with van der Waals surface area (Å²) in [5.74, 6) is -0.532. The van der Waals surface area contributed by atoms with Crippen LogP contribution >= 0.6 is 0 Å². The highest BCUT2D eigenvalue weighted by molar-refractivity contribution is 5.95. The molecule has 4 nitrogen and oxygen atoms in total. The number of allylic oxidation sites excluding steroid dienone is 1. The zero-order valence-corrected chi connectivity index (χ0v) is 13.6. The van der Waals surface area contributed by atoms with E-state index in [1.165, 1.54) is 12.2 Å². The third kappa shape index (κ3) is 2.68. The van der Waals surface area contributed by atoms with E-state index in [0.717, 1.165) is 19.3 Å². The topological polar surface area (TPSA) is 55.9 Å². The van der Waals surface area contributed by atoms with Gasteiger partial charge in [0.25, 0.3) is 0 Å². The van der Waals surface area contributed by atoms with E-state index in [4.69, 9.17) is 9.47 Å². The Kier molecular flexibility index (Phi) is 4.43. The van der Waals surface area contributed by atoms with Gasteiger partial charge in [0.2, 0.25) is 0 Å². The van der Waals surface area contributed by atoms with Gasteiger partial charge in [0, 0.05) is 5.41 Å². The Hall–Kier alpha value is -1.68. The van der Waals surface area contributed by atoms with Crippen molar-refractivity contribution < 1.29 is 19.1 Å². The summed E-state index contributed by atoms with van der Waals surface area (Å²) in [6.45, 7) is 10.1. The second-order valence-electron chi connectivity index (χ2n) is 6.78. The first-order chi connectivity index (χ1) is 10.3. The van der Waals surface area contributed by atoms with Crippen molar-refractivity contribution in [1.29, 1.82) is 0 Å². The Balaban J connectivity index is 2.21. The zero-order chi connectivity index (χ0) is 16.4. The van der Waals surface area contributed by atoms with Crippen LogP contribution in [0.15, 0.2) is 36.5 Å². The summed E-state index contributed by atoms with van der Waals surface area (Å²) in [7, 11) is 0. The molecule has 22 heavy (non-hydrogen) atoms. The van der Waals surface area contributed by atoms with E-state index in [-0.39, 0.29) is 28.8 Å². The Morgan fingerprint density at radius 2 is 2.05 bits per heavy atom. The third-order valence-corrected chi connectivity index (χ3v) is 4.90. The lowest BCUT2D eigenvalue weighted by atomic mass is 9.64. The highest BCUT2D eigenvalue weighted by Gasteiger charge is 2.73. The van der Waals surface area contributed by atoms with Crippen LogP contribution in [0.25, 0.3) is 0 Å². The molecule has 0 N–H and O–H groups in total. The van der Waals surface area contributed by atoms with Gasteiger partial charge < -0.3 is 9.47 Å². The summed E-state index contributed by atoms with van der Waals surface area (Å²) in [5, 5.41) is 0. The zero-order valence-electron chi connectivity index (χ0n) is 13.6. The number of fused-ring (bicyclic) bond motifs is 1. The van der Waals surface area contributed by atoms with E-state index in [0.29, 0.717) is 6.29 Å². The lowest BCUT2D eigenvalue weighted by Crippen LogP contribution is -2.41. The largest absolute Gasteiger partial charge is 0.458 e. The van der Waals surface area contributed by atoms with Crippen LogP contribution in [0.1, 0.15) is 40.0 Å². The maximum atomic E-state index is 11.9. The van der Waals surface area contributed by atoms with Crippen LogP contribution in [0.3, 0.4) is 0 Å². The van der Waals surface area contributed by atoms with Gasteiger partial charge in [-0.3, -0.25) is 4.79 Å². The average Bonchev–Trinajstić information content (AvgIpc) is 3.08. The molecule has 0 unspecified atom stereocenters. The Bertz CT molecular complexity index is 543. The van der Waals surface area contributed by atoms with Crippen molar-refractivity contribution >= 4 is 12.3 Å². The van der Waals surface area contributed by atoms with Crippen LogP contribution in [0, 0.1) is 5.41 Å². The molecule has 2 atom stereocenters. The van der Waals surface area contributed by atoms with Crippen LogP contribution in [0.4, 0.5) is 0 Å². The lowest BCUT2D eigenvalue weighted by molar-refractivity contribution is -0.137. The molecule has 2 fully saturated rings. The smallest absolute Gasteiger partial charge is 0.338 e. The highest BCUT2D eigenvalue weighted by atomic mass is 16.6. The van der Waals surface area contributed by atoms with Crippen molar-refractivity contribution in [1.82, 2.24) is 0 Å². The fourth-order valence-corrected chi connectivity index (χ4v) is 3.60. The van der Waals surface area contributed by atoms with E-state index < -0.39 is 5.97 Å². The minimum atomic E-state index is -0.532. The van der Waals surface area contributed by atoms with Gasteiger partial charge in [-0.15, -0.1) is 0 Å². The van der Waals surface area contributed by atoms with Gasteiger partial charge in [-0.2, -0.15) is 0 Å². The SMILES string of the molecule is C=CCOC(=O)C(=C\C=O)/C=C/[C@@]12O[C@]1(C)CCCC2(C)C. The minimum absolute atomic E-state index is 0.00614. The molecule has 2 rings (SSSR count). The molecule has 1 aliphatic carbocycles. The molecular formula is C18H24O4. The monoisotopic (exact) mass is 304 g/mol. The van der Waals surface area contributed by atoms with E-state index in [9.17, 15) is 9.59 Å². The Labute approximate surface area is 131 Å². The molecule has 2 aliphatic rings. The number of aldehydes is 1. The van der Waals surface area contributed by atoms with Gasteiger partial charge in [-0.1, -0.05) is 26.5 Å². The van der Waals surface area contributed by atoms with E-state index in [2.05, 4.69) is 27.4 Å². The quantitative estimate of drug-likeness (QED) is 0.189. The van der Waals surface area contributed by atoms with Gasteiger partial charge in [0.15, 0.2) is 0 Å². The Morgan fingerprint density at radius 1 is 1.32 bits per heavy atom. The van der Waals surface area contributed by atoms with Crippen LogP contribution < -0.4 is 0 Å². The third-order valence-electron chi connectivity index (χ3n) is 4.90. The molecule has 1 saturated heterocycles. The molecule has 1 heterocycles. The lowest BCUT2D eigenvalue weighted by Gasteiger charge is -2.36. The van der Waals surface area contributed by atoms with Crippen molar-refractivity contribution in [2.75, 3.05) is 6.61 Å². The highest BCUT2D eigenvalue weighted by Crippen LogP contribution is 2.66. The maximum Gasteiger partial charge on any atom is 0.338 e. The second kappa shape index (κ2) is 5.84. The van der Waals surface area contributed by atoms with Crippen LogP contribution in [-0.4, -0.2) is 30.1 Å². The normalized spacial score (nSPS) is 33.1. The number of esters is 1. The first-order valence-corrected chi connectivity index (χ1v) is 7.65. The summed E-state index contributed by atoms with van der Waals surface area (Å²) in [4.78, 5) is 22.7. The minimum Gasteiger partial charge on any atom is -0.458 e. The van der Waals surface area contributed by atoms with Crippen LogP contribution in [-0.2, 0) is 19.1 Å². The number of hydrogen-bond donors (Lipinski definition) is 0. The van der Waals surface area contributed by atoms with Crippen molar-refractivity contribution in [3.05, 3.63) is 36.5 Å². The van der Waals surface area contributed by atoms with E-state index in [1.807, 2.05) is 6.08 Å². The summed E-state index contributed by atoms with van der Waals surface area (Å²) >= 11 is 0. The van der Waals surface area contributed by atoms with Crippen molar-refractivity contribution in [2.45, 2.75) is 51.2 Å². The number of epoxide rings is 1. The predicted molar refractivity (Wildman–Crippen MR) is 84.3 cm³/mol. The first-order valence-electron chi connectivity index (χ1n) is 7.65. The van der Waals surface area contributed by atoms with Crippen LogP contribution in [0.2, 0.25) is 0 Å². The number of carbonyl (C=O) groups is 2. The fraction of sp³-hybridized carbons (Fsp3) is 0.556. The summed E-state index contributed by atoms with van der Waals surface area (Å²) in [5.41, 5.74) is -0.333. The summed E-state index contributed by atoms with van der Waals surface area (Å²) in [6, 6.07) is 0.